The molecule has 0 aliphatic carbocycles. The third kappa shape index (κ3) is 1.41. The van der Waals surface area contributed by atoms with Crippen LogP contribution in [0.25, 0.3) is 0 Å². The molecule has 11 heavy (non-hydrogen) atoms. The van der Waals surface area contributed by atoms with Gasteiger partial charge in [-0.15, -0.1) is 0 Å². The van der Waals surface area contributed by atoms with E-state index < -0.39 is 12.5 Å². The van der Waals surface area contributed by atoms with Gasteiger partial charge in [0.2, 0.25) is 0 Å². The van der Waals surface area contributed by atoms with Crippen LogP contribution in [0.4, 0.5) is 0 Å². The predicted molar refractivity (Wildman–Crippen MR) is 52.2 cm³/mol. The van der Waals surface area contributed by atoms with Crippen LogP contribution in [0.5, 0.6) is 0 Å². The molecule has 2 aliphatic heterocycles. The summed E-state index contributed by atoms with van der Waals surface area (Å²) < 4.78 is 5.95. The third-order valence-corrected chi connectivity index (χ3v) is 16.2. The second kappa shape index (κ2) is 2.82. The van der Waals surface area contributed by atoms with E-state index in [1.54, 1.807) is 11.1 Å². The van der Waals surface area contributed by atoms with E-state index in [4.69, 9.17) is 3.76 Å². The van der Waals surface area contributed by atoms with Crippen LogP contribution in [0.3, 0.4) is 0 Å². The zero-order valence-corrected chi connectivity index (χ0v) is 10.1. The van der Waals surface area contributed by atoms with Crippen molar-refractivity contribution >= 4 is 22.5 Å². The Bertz CT molecular complexity index is 190. The molecule has 0 aromatic heterocycles. The molecule has 0 amide bonds. The fourth-order valence-corrected chi connectivity index (χ4v) is 16.7. The van der Waals surface area contributed by atoms with Crippen LogP contribution in [0.2, 0.25) is 10.5 Å². The third-order valence-electron chi connectivity index (χ3n) is 2.61. The molecule has 0 unspecified atom stereocenters. The molecule has 62 valence electrons. The van der Waals surface area contributed by atoms with Gasteiger partial charge in [-0.2, -0.15) is 0 Å². The Labute approximate surface area is 74.3 Å². The summed E-state index contributed by atoms with van der Waals surface area (Å²) in [5, 5.41) is 2.69. The fourth-order valence-electron chi connectivity index (χ4n) is 1.87. The molecular formula is C8H14GeOS. The Morgan fingerprint density at radius 2 is 1.91 bits per heavy atom. The van der Waals surface area contributed by atoms with Crippen molar-refractivity contribution in [3.63, 3.8) is 0 Å². The van der Waals surface area contributed by atoms with Crippen molar-refractivity contribution in [1.29, 1.82) is 0 Å². The van der Waals surface area contributed by atoms with E-state index in [1.807, 2.05) is 0 Å². The molecule has 1 spiro atoms. The Balaban J connectivity index is 2.12. The summed E-state index contributed by atoms with van der Waals surface area (Å²) in [6.07, 6.45) is 0. The van der Waals surface area contributed by atoms with Gasteiger partial charge in [-0.25, -0.2) is 0 Å². The molecule has 0 bridgehead atoms. The molecule has 2 aliphatic rings. The van der Waals surface area contributed by atoms with Crippen molar-refractivity contribution in [1.82, 2.24) is 0 Å². The molecule has 0 saturated carbocycles. The molecular weight excluding hydrogens is 217 g/mol. The second-order valence-electron chi connectivity index (χ2n) is 3.52. The molecule has 0 N–H and O–H groups in total. The molecule has 2 rings (SSSR count). The SMILES string of the molecule is CC1=C(C)[CH2][Ge]2([CH2]1)[O]CC[S]2. The maximum absolute atomic E-state index is 5.95. The van der Waals surface area contributed by atoms with E-state index >= 15 is 0 Å². The molecule has 0 aromatic rings. The number of hydrogen-bond donors (Lipinski definition) is 0. The standard InChI is InChI=1S/C8H14GeOS/c1-7-5-9(6-8(7)2)10-3-4-11-9/h3-6H2,1-2H3. The monoisotopic (exact) mass is 232 g/mol. The van der Waals surface area contributed by atoms with E-state index in [0.717, 1.165) is 6.61 Å². The summed E-state index contributed by atoms with van der Waals surface area (Å²) in [6.45, 7) is 5.58. The van der Waals surface area contributed by atoms with Gasteiger partial charge < -0.3 is 0 Å². The maximum atomic E-state index is 5.95. The molecule has 1 saturated heterocycles. The summed E-state index contributed by atoms with van der Waals surface area (Å²) in [6, 6.07) is 0. The number of rotatable bonds is 0. The van der Waals surface area contributed by atoms with Gasteiger partial charge in [0, 0.05) is 0 Å². The summed E-state index contributed by atoms with van der Waals surface area (Å²) in [5.74, 6) is 1.26. The first-order valence-electron chi connectivity index (χ1n) is 4.15. The summed E-state index contributed by atoms with van der Waals surface area (Å²) in [4.78, 5) is 0. The van der Waals surface area contributed by atoms with Gasteiger partial charge in [0.15, 0.2) is 0 Å². The van der Waals surface area contributed by atoms with Gasteiger partial charge in [-0.3, -0.25) is 0 Å². The van der Waals surface area contributed by atoms with Crippen molar-refractivity contribution in [2.75, 3.05) is 12.4 Å². The Morgan fingerprint density at radius 3 is 2.36 bits per heavy atom. The molecule has 0 aromatic carbocycles. The molecule has 3 heteroatoms. The van der Waals surface area contributed by atoms with Gasteiger partial charge in [0.05, 0.1) is 0 Å². The average Bonchev–Trinajstić information content (AvgIpc) is 2.46. The first-order valence-corrected chi connectivity index (χ1v) is 11.5. The van der Waals surface area contributed by atoms with E-state index in [2.05, 4.69) is 23.9 Å². The first-order chi connectivity index (χ1) is 5.22. The van der Waals surface area contributed by atoms with Gasteiger partial charge in [-0.1, -0.05) is 0 Å². The van der Waals surface area contributed by atoms with Gasteiger partial charge >= 0.3 is 74.2 Å². The molecule has 0 radical (unpaired) electrons. The van der Waals surface area contributed by atoms with Crippen molar-refractivity contribution < 1.29 is 3.76 Å². The van der Waals surface area contributed by atoms with Gasteiger partial charge in [0.1, 0.15) is 0 Å². The van der Waals surface area contributed by atoms with Crippen LogP contribution >= 0.6 is 10.1 Å². The summed E-state index contributed by atoms with van der Waals surface area (Å²) >= 11 is -1.75. The van der Waals surface area contributed by atoms with Crippen LogP contribution in [0.1, 0.15) is 13.8 Å². The number of hydrogen-bond acceptors (Lipinski definition) is 2. The Kier molecular flexibility index (Phi) is 2.10. The van der Waals surface area contributed by atoms with E-state index in [0.29, 0.717) is 0 Å². The summed E-state index contributed by atoms with van der Waals surface area (Å²) in [5.41, 5.74) is 3.25. The van der Waals surface area contributed by atoms with Crippen molar-refractivity contribution in [3.05, 3.63) is 11.1 Å². The number of allylic oxidation sites excluding steroid dienone is 2. The van der Waals surface area contributed by atoms with Gasteiger partial charge in [0.25, 0.3) is 0 Å². The predicted octanol–water partition coefficient (Wildman–Crippen LogP) is 2.54. The van der Waals surface area contributed by atoms with E-state index in [1.165, 1.54) is 16.3 Å². The van der Waals surface area contributed by atoms with Crippen LogP contribution in [0.15, 0.2) is 11.1 Å². The van der Waals surface area contributed by atoms with Crippen LogP contribution < -0.4 is 0 Å². The van der Waals surface area contributed by atoms with E-state index in [9.17, 15) is 0 Å². The quantitative estimate of drug-likeness (QED) is 0.467. The zero-order valence-electron chi connectivity index (χ0n) is 7.14. The molecule has 1 nitrogen and oxygen atoms in total. The minimum absolute atomic E-state index is 1.03. The van der Waals surface area contributed by atoms with Crippen molar-refractivity contribution in [3.8, 4) is 0 Å². The zero-order chi connectivity index (χ0) is 7.90. The normalized spacial score (nSPS) is 28.9. The minimum atomic E-state index is -1.75. The molecule has 1 fully saturated rings. The second-order valence-corrected chi connectivity index (χ2v) is 15.8. The van der Waals surface area contributed by atoms with Crippen molar-refractivity contribution in [2.45, 2.75) is 24.4 Å². The summed E-state index contributed by atoms with van der Waals surface area (Å²) in [7, 11) is 2.18. The van der Waals surface area contributed by atoms with Crippen molar-refractivity contribution in [2.24, 2.45) is 0 Å². The fraction of sp³-hybridized carbons (Fsp3) is 0.750. The van der Waals surface area contributed by atoms with Crippen LogP contribution in [-0.4, -0.2) is 24.8 Å². The molecule has 2 heterocycles. The van der Waals surface area contributed by atoms with Gasteiger partial charge in [-0.05, 0) is 0 Å². The van der Waals surface area contributed by atoms with E-state index in [-0.39, 0.29) is 0 Å². The van der Waals surface area contributed by atoms with Crippen LogP contribution in [-0.2, 0) is 3.76 Å². The average molecular weight is 231 g/mol. The first kappa shape index (κ1) is 8.20. The molecule has 0 atom stereocenters. The Hall–Kier alpha value is 0.593. The Morgan fingerprint density at radius 1 is 1.27 bits per heavy atom. The topological polar surface area (TPSA) is 9.23 Å². The van der Waals surface area contributed by atoms with Crippen LogP contribution in [0, 0.1) is 0 Å².